The van der Waals surface area contributed by atoms with Crippen molar-refractivity contribution in [1.29, 1.82) is 5.26 Å². The number of para-hydroxylation sites is 1. The summed E-state index contributed by atoms with van der Waals surface area (Å²) in [7, 11) is 0. The highest BCUT2D eigenvalue weighted by atomic mass is 16.1. The van der Waals surface area contributed by atoms with E-state index in [0.717, 1.165) is 23.2 Å². The van der Waals surface area contributed by atoms with E-state index in [9.17, 15) is 10.1 Å². The summed E-state index contributed by atoms with van der Waals surface area (Å²) in [5.41, 5.74) is 3.07. The number of anilines is 1. The normalized spacial score (nSPS) is 12.1. The fourth-order valence-electron chi connectivity index (χ4n) is 2.37. The van der Waals surface area contributed by atoms with Crippen LogP contribution in [-0.2, 0) is 11.2 Å². The number of aryl methyl sites for hydroxylation is 1. The van der Waals surface area contributed by atoms with Crippen LogP contribution >= 0.6 is 0 Å². The Labute approximate surface area is 142 Å². The molecular formula is C20H21N3O. The minimum Gasteiger partial charge on any atom is -0.360 e. The van der Waals surface area contributed by atoms with Crippen molar-refractivity contribution in [2.45, 2.75) is 26.3 Å². The minimum atomic E-state index is -0.393. The third-order valence-corrected chi connectivity index (χ3v) is 3.78. The first-order valence-electron chi connectivity index (χ1n) is 7.96. The minimum absolute atomic E-state index is 0.0451. The van der Waals surface area contributed by atoms with Gasteiger partial charge < -0.3 is 10.6 Å². The summed E-state index contributed by atoms with van der Waals surface area (Å²) in [5.74, 6) is -0.393. The number of nitriles is 1. The monoisotopic (exact) mass is 319 g/mol. The number of rotatable bonds is 6. The molecule has 4 heteroatoms. The first kappa shape index (κ1) is 17.3. The van der Waals surface area contributed by atoms with Crippen molar-refractivity contribution in [3.63, 3.8) is 0 Å². The van der Waals surface area contributed by atoms with E-state index in [1.165, 1.54) is 6.20 Å². The van der Waals surface area contributed by atoms with Crippen molar-refractivity contribution >= 4 is 11.6 Å². The SMILES string of the molecule is CCc1ccccc1N/C=C(/C#N)C(=O)NC(C)c1ccccc1. The summed E-state index contributed by atoms with van der Waals surface area (Å²) in [6.07, 6.45) is 2.33. The molecule has 0 aliphatic carbocycles. The molecule has 122 valence electrons. The molecule has 0 spiro atoms. The highest BCUT2D eigenvalue weighted by Gasteiger charge is 2.13. The van der Waals surface area contributed by atoms with E-state index in [1.54, 1.807) is 0 Å². The molecule has 0 bridgehead atoms. The Bertz CT molecular complexity index is 760. The van der Waals surface area contributed by atoms with Crippen LogP contribution in [0.5, 0.6) is 0 Å². The van der Waals surface area contributed by atoms with Gasteiger partial charge in [0.05, 0.1) is 6.04 Å². The predicted molar refractivity (Wildman–Crippen MR) is 96.1 cm³/mol. The zero-order chi connectivity index (χ0) is 17.4. The summed E-state index contributed by atoms with van der Waals surface area (Å²) in [4.78, 5) is 12.3. The van der Waals surface area contributed by atoms with E-state index in [4.69, 9.17) is 0 Å². The summed E-state index contributed by atoms with van der Waals surface area (Å²) in [6, 6.07) is 19.2. The summed E-state index contributed by atoms with van der Waals surface area (Å²) in [6.45, 7) is 3.95. The zero-order valence-corrected chi connectivity index (χ0v) is 13.9. The lowest BCUT2D eigenvalue weighted by molar-refractivity contribution is -0.117. The number of nitrogens with zero attached hydrogens (tertiary/aromatic N) is 1. The van der Waals surface area contributed by atoms with Gasteiger partial charge in [0, 0.05) is 11.9 Å². The van der Waals surface area contributed by atoms with Crippen molar-refractivity contribution < 1.29 is 4.79 Å². The third-order valence-electron chi connectivity index (χ3n) is 3.78. The second kappa shape index (κ2) is 8.54. The number of carbonyl (C=O) groups is 1. The first-order chi connectivity index (χ1) is 11.7. The van der Waals surface area contributed by atoms with Crippen molar-refractivity contribution in [2.75, 3.05) is 5.32 Å². The molecule has 2 aromatic rings. The van der Waals surface area contributed by atoms with Gasteiger partial charge >= 0.3 is 0 Å². The van der Waals surface area contributed by atoms with E-state index >= 15 is 0 Å². The van der Waals surface area contributed by atoms with Crippen molar-refractivity contribution in [1.82, 2.24) is 5.32 Å². The van der Waals surface area contributed by atoms with E-state index in [1.807, 2.05) is 67.6 Å². The van der Waals surface area contributed by atoms with Crippen LogP contribution in [0, 0.1) is 11.3 Å². The lowest BCUT2D eigenvalue weighted by Gasteiger charge is -2.14. The summed E-state index contributed by atoms with van der Waals surface area (Å²) < 4.78 is 0. The van der Waals surface area contributed by atoms with Gasteiger partial charge in [-0.1, -0.05) is 55.5 Å². The van der Waals surface area contributed by atoms with E-state index in [2.05, 4.69) is 17.6 Å². The van der Waals surface area contributed by atoms with Gasteiger partial charge in [-0.2, -0.15) is 5.26 Å². The van der Waals surface area contributed by atoms with Crippen molar-refractivity contribution in [3.05, 3.63) is 77.5 Å². The summed E-state index contributed by atoms with van der Waals surface area (Å²) >= 11 is 0. The van der Waals surface area contributed by atoms with Gasteiger partial charge in [-0.25, -0.2) is 0 Å². The molecular weight excluding hydrogens is 298 g/mol. The molecule has 0 heterocycles. The van der Waals surface area contributed by atoms with Gasteiger partial charge in [0.25, 0.3) is 5.91 Å². The van der Waals surface area contributed by atoms with Crippen LogP contribution < -0.4 is 10.6 Å². The van der Waals surface area contributed by atoms with Gasteiger partial charge in [-0.15, -0.1) is 0 Å². The Morgan fingerprint density at radius 1 is 1.17 bits per heavy atom. The topological polar surface area (TPSA) is 64.9 Å². The van der Waals surface area contributed by atoms with Crippen molar-refractivity contribution in [3.8, 4) is 6.07 Å². The molecule has 1 atom stereocenters. The molecule has 0 saturated carbocycles. The molecule has 0 radical (unpaired) electrons. The molecule has 1 unspecified atom stereocenters. The standard InChI is InChI=1S/C20H21N3O/c1-3-16-9-7-8-12-19(16)22-14-18(13-21)20(24)23-15(2)17-10-5-4-6-11-17/h4-12,14-15,22H,3H2,1-2H3,(H,23,24)/b18-14-. The Morgan fingerprint density at radius 2 is 1.83 bits per heavy atom. The number of amides is 1. The number of hydrogen-bond donors (Lipinski definition) is 2. The van der Waals surface area contributed by atoms with Gasteiger partial charge in [-0.05, 0) is 30.5 Å². The molecule has 24 heavy (non-hydrogen) atoms. The Kier molecular flexibility index (Phi) is 6.16. The van der Waals surface area contributed by atoms with Gasteiger partial charge in [0.1, 0.15) is 11.6 Å². The highest BCUT2D eigenvalue weighted by Crippen LogP contribution is 2.16. The maximum absolute atomic E-state index is 12.3. The fraction of sp³-hybridized carbons (Fsp3) is 0.200. The van der Waals surface area contributed by atoms with Crippen LogP contribution in [0.1, 0.15) is 31.0 Å². The van der Waals surface area contributed by atoms with Crippen LogP contribution in [-0.4, -0.2) is 5.91 Å². The van der Waals surface area contributed by atoms with E-state index in [-0.39, 0.29) is 11.6 Å². The zero-order valence-electron chi connectivity index (χ0n) is 13.9. The third kappa shape index (κ3) is 4.47. The first-order valence-corrected chi connectivity index (χ1v) is 7.96. The van der Waals surface area contributed by atoms with E-state index in [0.29, 0.717) is 0 Å². The predicted octanol–water partition coefficient (Wildman–Crippen LogP) is 3.95. The second-order valence-electron chi connectivity index (χ2n) is 5.43. The molecule has 2 rings (SSSR count). The molecule has 2 aromatic carbocycles. The van der Waals surface area contributed by atoms with E-state index < -0.39 is 5.91 Å². The molecule has 0 fully saturated rings. The Morgan fingerprint density at radius 3 is 2.50 bits per heavy atom. The van der Waals surface area contributed by atoms with Crippen LogP contribution in [0.25, 0.3) is 0 Å². The van der Waals surface area contributed by atoms with Gasteiger partial charge in [0.15, 0.2) is 0 Å². The Balaban J connectivity index is 2.07. The van der Waals surface area contributed by atoms with Crippen molar-refractivity contribution in [2.24, 2.45) is 0 Å². The van der Waals surface area contributed by atoms with Crippen LogP contribution in [0.15, 0.2) is 66.4 Å². The quantitative estimate of drug-likeness (QED) is 0.626. The van der Waals surface area contributed by atoms with Crippen LogP contribution in [0.4, 0.5) is 5.69 Å². The number of benzene rings is 2. The molecule has 0 aromatic heterocycles. The molecule has 0 aliphatic heterocycles. The fourth-order valence-corrected chi connectivity index (χ4v) is 2.37. The molecule has 2 N–H and O–H groups in total. The smallest absolute Gasteiger partial charge is 0.263 e. The summed E-state index contributed by atoms with van der Waals surface area (Å²) in [5, 5.41) is 15.2. The average molecular weight is 319 g/mol. The second-order valence-corrected chi connectivity index (χ2v) is 5.43. The molecule has 0 aliphatic rings. The molecule has 1 amide bonds. The number of carbonyl (C=O) groups excluding carboxylic acids is 1. The molecule has 0 saturated heterocycles. The lowest BCUT2D eigenvalue weighted by Crippen LogP contribution is -2.28. The number of hydrogen-bond acceptors (Lipinski definition) is 3. The van der Waals surface area contributed by atoms with Crippen LogP contribution in [0.2, 0.25) is 0 Å². The lowest BCUT2D eigenvalue weighted by atomic mass is 10.1. The van der Waals surface area contributed by atoms with Crippen LogP contribution in [0.3, 0.4) is 0 Å². The van der Waals surface area contributed by atoms with Gasteiger partial charge in [-0.3, -0.25) is 4.79 Å². The highest BCUT2D eigenvalue weighted by molar-refractivity contribution is 5.97. The maximum atomic E-state index is 12.3. The largest absolute Gasteiger partial charge is 0.360 e. The Hall–Kier alpha value is -3.06. The average Bonchev–Trinajstić information content (AvgIpc) is 2.63. The molecule has 4 nitrogen and oxygen atoms in total. The van der Waals surface area contributed by atoms with Gasteiger partial charge in [0.2, 0.25) is 0 Å². The maximum Gasteiger partial charge on any atom is 0.263 e. The number of nitrogens with one attached hydrogen (secondary N) is 2.